The first-order valence-electron chi connectivity index (χ1n) is 3.41. The van der Waals surface area contributed by atoms with E-state index < -0.39 is 0 Å². The lowest BCUT2D eigenvalue weighted by molar-refractivity contribution is 1.07. The number of aromatic nitrogens is 2. The van der Waals surface area contributed by atoms with Crippen molar-refractivity contribution in [1.82, 2.24) is 9.97 Å². The molecule has 0 aliphatic rings. The van der Waals surface area contributed by atoms with Crippen LogP contribution in [0.5, 0.6) is 0 Å². The molecule has 1 N–H and O–H groups in total. The maximum absolute atomic E-state index is 10.5. The lowest BCUT2D eigenvalue weighted by atomic mass is 10.3. The number of aromatic amines is 1. The summed E-state index contributed by atoms with van der Waals surface area (Å²) in [5.41, 5.74) is 0.414. The van der Waals surface area contributed by atoms with Gasteiger partial charge in [0.1, 0.15) is 0 Å². The molecule has 60 valence electrons. The predicted molar refractivity (Wildman–Crippen MR) is 44.1 cm³/mol. The van der Waals surface area contributed by atoms with Gasteiger partial charge in [0, 0.05) is 18.0 Å². The summed E-state index contributed by atoms with van der Waals surface area (Å²) in [5.74, 6) is 0. The van der Waals surface area contributed by atoms with E-state index in [9.17, 15) is 4.79 Å². The minimum Gasteiger partial charge on any atom is -0.312 e. The van der Waals surface area contributed by atoms with Gasteiger partial charge in [-0.3, -0.25) is 0 Å². The SMILES string of the molecule is N#CCC=Cc1cnc(=O)[nH]c1. The van der Waals surface area contributed by atoms with Crippen molar-refractivity contribution in [3.05, 3.63) is 34.5 Å². The maximum Gasteiger partial charge on any atom is 0.344 e. The van der Waals surface area contributed by atoms with Gasteiger partial charge >= 0.3 is 5.69 Å². The fourth-order valence-corrected chi connectivity index (χ4v) is 0.692. The smallest absolute Gasteiger partial charge is 0.312 e. The monoisotopic (exact) mass is 161 g/mol. The standard InChI is InChI=1S/C8H7N3O/c9-4-2-1-3-7-5-10-8(12)11-6-7/h1,3,5-6H,2H2,(H,10,11,12). The third-order valence-corrected chi connectivity index (χ3v) is 1.21. The van der Waals surface area contributed by atoms with E-state index in [0.29, 0.717) is 6.42 Å². The zero-order valence-electron chi connectivity index (χ0n) is 6.32. The molecule has 0 spiro atoms. The Hall–Kier alpha value is -1.89. The summed E-state index contributed by atoms with van der Waals surface area (Å²) in [4.78, 5) is 16.4. The molecule has 0 fully saturated rings. The average Bonchev–Trinajstić information content (AvgIpc) is 2.09. The molecule has 0 saturated heterocycles. The molecule has 0 amide bonds. The Morgan fingerprint density at radius 1 is 1.75 bits per heavy atom. The minimum absolute atomic E-state index is 0.360. The largest absolute Gasteiger partial charge is 0.344 e. The third kappa shape index (κ3) is 2.39. The first kappa shape index (κ1) is 8.21. The summed E-state index contributed by atoms with van der Waals surface area (Å²) >= 11 is 0. The highest BCUT2D eigenvalue weighted by atomic mass is 16.1. The molecule has 4 nitrogen and oxygen atoms in total. The van der Waals surface area contributed by atoms with Crippen LogP contribution in [0.25, 0.3) is 6.08 Å². The summed E-state index contributed by atoms with van der Waals surface area (Å²) in [6.07, 6.45) is 6.79. The van der Waals surface area contributed by atoms with Gasteiger partial charge in [-0.25, -0.2) is 9.78 Å². The van der Waals surface area contributed by atoms with Crippen molar-refractivity contribution in [2.24, 2.45) is 0 Å². The number of nitrogens with zero attached hydrogens (tertiary/aromatic N) is 2. The zero-order valence-corrected chi connectivity index (χ0v) is 6.32. The van der Waals surface area contributed by atoms with E-state index in [1.54, 1.807) is 18.3 Å². The van der Waals surface area contributed by atoms with Gasteiger partial charge in [0.25, 0.3) is 0 Å². The summed E-state index contributed by atoms with van der Waals surface area (Å²) in [6.45, 7) is 0. The third-order valence-electron chi connectivity index (χ3n) is 1.21. The van der Waals surface area contributed by atoms with Gasteiger partial charge < -0.3 is 4.98 Å². The number of hydrogen-bond donors (Lipinski definition) is 1. The van der Waals surface area contributed by atoms with E-state index in [1.165, 1.54) is 6.20 Å². The van der Waals surface area contributed by atoms with E-state index in [0.717, 1.165) is 5.56 Å². The Balaban J connectivity index is 2.72. The molecule has 4 heteroatoms. The number of nitrogens with one attached hydrogen (secondary N) is 1. The second kappa shape index (κ2) is 4.09. The lowest BCUT2D eigenvalue weighted by Gasteiger charge is -1.87. The van der Waals surface area contributed by atoms with E-state index in [-0.39, 0.29) is 5.69 Å². The molecule has 0 aromatic carbocycles. The topological polar surface area (TPSA) is 69.5 Å². The molecule has 0 atom stereocenters. The Bertz CT molecular complexity index is 352. The molecule has 1 rings (SSSR count). The van der Waals surface area contributed by atoms with Crippen molar-refractivity contribution in [1.29, 1.82) is 5.26 Å². The molecular weight excluding hydrogens is 154 g/mol. The Morgan fingerprint density at radius 3 is 3.17 bits per heavy atom. The van der Waals surface area contributed by atoms with Crippen LogP contribution in [0.15, 0.2) is 23.3 Å². The molecule has 0 aliphatic carbocycles. The Kier molecular flexibility index (Phi) is 2.79. The second-order valence-corrected chi connectivity index (χ2v) is 2.12. The number of rotatable bonds is 2. The Morgan fingerprint density at radius 2 is 2.58 bits per heavy atom. The number of H-pyrrole nitrogens is 1. The summed E-state index contributed by atoms with van der Waals surface area (Å²) < 4.78 is 0. The predicted octanol–water partition coefficient (Wildman–Crippen LogP) is 0.697. The van der Waals surface area contributed by atoms with Crippen LogP contribution in [0.2, 0.25) is 0 Å². The molecule has 0 saturated carbocycles. The van der Waals surface area contributed by atoms with Crippen LogP contribution >= 0.6 is 0 Å². The van der Waals surface area contributed by atoms with Gasteiger partial charge in [-0.15, -0.1) is 0 Å². The highest BCUT2D eigenvalue weighted by Crippen LogP contribution is 1.95. The number of hydrogen-bond acceptors (Lipinski definition) is 3. The molecule has 0 unspecified atom stereocenters. The fourth-order valence-electron chi connectivity index (χ4n) is 0.692. The summed E-state index contributed by atoms with van der Waals surface area (Å²) in [7, 11) is 0. The first-order chi connectivity index (χ1) is 5.83. The molecular formula is C8H7N3O. The van der Waals surface area contributed by atoms with E-state index in [2.05, 4.69) is 9.97 Å². The normalized spacial score (nSPS) is 9.92. The van der Waals surface area contributed by atoms with Gasteiger partial charge in [-0.2, -0.15) is 5.26 Å². The lowest BCUT2D eigenvalue weighted by Crippen LogP contribution is -2.07. The van der Waals surface area contributed by atoms with Gasteiger partial charge in [0.05, 0.1) is 12.5 Å². The molecule has 1 aromatic heterocycles. The van der Waals surface area contributed by atoms with Crippen molar-refractivity contribution < 1.29 is 0 Å². The quantitative estimate of drug-likeness (QED) is 0.693. The molecule has 1 heterocycles. The summed E-state index contributed by atoms with van der Waals surface area (Å²) in [5, 5.41) is 8.21. The molecule has 12 heavy (non-hydrogen) atoms. The van der Waals surface area contributed by atoms with Gasteiger partial charge in [-0.1, -0.05) is 12.2 Å². The second-order valence-electron chi connectivity index (χ2n) is 2.12. The van der Waals surface area contributed by atoms with Crippen LogP contribution in [-0.2, 0) is 0 Å². The number of nitriles is 1. The average molecular weight is 161 g/mol. The maximum atomic E-state index is 10.5. The van der Waals surface area contributed by atoms with E-state index in [1.807, 2.05) is 6.07 Å². The van der Waals surface area contributed by atoms with Crippen molar-refractivity contribution >= 4 is 6.08 Å². The van der Waals surface area contributed by atoms with Gasteiger partial charge in [-0.05, 0) is 0 Å². The van der Waals surface area contributed by atoms with Crippen molar-refractivity contribution in [2.45, 2.75) is 6.42 Å². The van der Waals surface area contributed by atoms with Crippen LogP contribution in [0.4, 0.5) is 0 Å². The zero-order chi connectivity index (χ0) is 8.81. The molecule has 0 aliphatic heterocycles. The molecule has 1 aromatic rings. The highest BCUT2D eigenvalue weighted by Gasteiger charge is 1.85. The fraction of sp³-hybridized carbons (Fsp3) is 0.125. The Labute approximate surface area is 69.2 Å². The van der Waals surface area contributed by atoms with Crippen LogP contribution in [0.1, 0.15) is 12.0 Å². The van der Waals surface area contributed by atoms with Crippen LogP contribution in [0, 0.1) is 11.3 Å². The minimum atomic E-state index is -0.368. The van der Waals surface area contributed by atoms with Gasteiger partial charge in [0.2, 0.25) is 0 Å². The van der Waals surface area contributed by atoms with Crippen molar-refractivity contribution in [3.63, 3.8) is 0 Å². The summed E-state index contributed by atoms with van der Waals surface area (Å²) in [6, 6.07) is 1.97. The molecule has 0 bridgehead atoms. The van der Waals surface area contributed by atoms with E-state index in [4.69, 9.17) is 5.26 Å². The van der Waals surface area contributed by atoms with Crippen LogP contribution in [-0.4, -0.2) is 9.97 Å². The van der Waals surface area contributed by atoms with E-state index >= 15 is 0 Å². The van der Waals surface area contributed by atoms with Gasteiger partial charge in [0.15, 0.2) is 0 Å². The molecule has 0 radical (unpaired) electrons. The highest BCUT2D eigenvalue weighted by molar-refractivity contribution is 5.46. The van der Waals surface area contributed by atoms with Crippen molar-refractivity contribution in [3.8, 4) is 6.07 Å². The van der Waals surface area contributed by atoms with Crippen LogP contribution in [0.3, 0.4) is 0 Å². The van der Waals surface area contributed by atoms with Crippen LogP contribution < -0.4 is 5.69 Å². The first-order valence-corrected chi connectivity index (χ1v) is 3.41. The number of allylic oxidation sites excluding steroid dienone is 1. The van der Waals surface area contributed by atoms with Crippen molar-refractivity contribution in [2.75, 3.05) is 0 Å².